The summed E-state index contributed by atoms with van der Waals surface area (Å²) in [5.41, 5.74) is 5.06. The van der Waals surface area contributed by atoms with Crippen LogP contribution >= 0.6 is 0 Å². The Morgan fingerprint density at radius 2 is 1.57 bits per heavy atom. The number of hydrogen-bond acceptors (Lipinski definition) is 7. The second-order valence-electron chi connectivity index (χ2n) is 12.2. The van der Waals surface area contributed by atoms with Gasteiger partial charge in [0.2, 0.25) is 11.8 Å². The Kier molecular flexibility index (Phi) is 9.03. The van der Waals surface area contributed by atoms with Crippen molar-refractivity contribution in [3.8, 4) is 5.75 Å². The number of para-hydroxylation sites is 1. The van der Waals surface area contributed by atoms with E-state index in [1.807, 2.05) is 73.7 Å². The minimum absolute atomic E-state index is 0.146. The van der Waals surface area contributed by atoms with E-state index in [0.29, 0.717) is 29.7 Å². The zero-order valence-electron chi connectivity index (χ0n) is 25.6. The van der Waals surface area contributed by atoms with Crippen LogP contribution in [-0.4, -0.2) is 51.6 Å². The molecule has 1 aliphatic heterocycles. The van der Waals surface area contributed by atoms with Gasteiger partial charge in [0.15, 0.2) is 0 Å². The molecular weight excluding hydrogens is 580 g/mol. The predicted molar refractivity (Wildman–Crippen MR) is 179 cm³/mol. The average Bonchev–Trinajstić information content (AvgIpc) is 3.33. The van der Waals surface area contributed by atoms with Crippen molar-refractivity contribution in [3.63, 3.8) is 0 Å². The van der Waals surface area contributed by atoms with Crippen molar-refractivity contribution in [3.05, 3.63) is 113 Å². The van der Waals surface area contributed by atoms with Crippen molar-refractivity contribution in [1.82, 2.24) is 0 Å². The van der Waals surface area contributed by atoms with E-state index in [1.165, 1.54) is 4.90 Å². The van der Waals surface area contributed by atoms with E-state index in [2.05, 4.69) is 5.32 Å². The Morgan fingerprint density at radius 1 is 0.891 bits per heavy atom. The van der Waals surface area contributed by atoms with Crippen molar-refractivity contribution in [2.45, 2.75) is 32.3 Å². The normalized spacial score (nSPS) is 20.7. The van der Waals surface area contributed by atoms with Gasteiger partial charge in [-0.3, -0.25) is 14.5 Å². The Balaban J connectivity index is 1.19. The highest BCUT2D eigenvalue weighted by Crippen LogP contribution is 2.47. The minimum Gasteiger partial charge on any atom is -0.507 e. The number of amides is 2. The Bertz CT molecular complexity index is 1810. The summed E-state index contributed by atoms with van der Waals surface area (Å²) in [6.45, 7) is 1.16. The number of imide groups is 1. The van der Waals surface area contributed by atoms with Crippen LogP contribution in [0.5, 0.6) is 5.75 Å². The van der Waals surface area contributed by atoms with Gasteiger partial charge in [0.25, 0.3) is 0 Å². The lowest BCUT2D eigenvalue weighted by Gasteiger charge is -2.36. The highest BCUT2D eigenvalue weighted by atomic mass is 16.3. The monoisotopic (exact) mass is 618 g/mol. The first-order valence-electron chi connectivity index (χ1n) is 15.6. The van der Waals surface area contributed by atoms with Crippen LogP contribution in [0.1, 0.15) is 31.7 Å². The predicted octanol–water partition coefficient (Wildman–Crippen LogP) is 5.94. The number of nitrogens with one attached hydrogen (secondary N) is 1. The molecule has 4 atom stereocenters. The number of phenols is 1. The van der Waals surface area contributed by atoms with E-state index in [1.54, 1.807) is 30.3 Å². The zero-order chi connectivity index (χ0) is 32.4. The third-order valence-corrected chi connectivity index (χ3v) is 9.27. The summed E-state index contributed by atoms with van der Waals surface area (Å²) in [4.78, 5) is 28.7. The first kappa shape index (κ1) is 31.2. The summed E-state index contributed by atoms with van der Waals surface area (Å²) in [5, 5.41) is 47.5. The van der Waals surface area contributed by atoms with E-state index < -0.39 is 36.4 Å². The third kappa shape index (κ3) is 5.95. The first-order chi connectivity index (χ1) is 22.3. The Labute approximate surface area is 267 Å². The fraction of sp³-hybridized carbons (Fsp3) is 0.263. The molecule has 0 spiro atoms. The second-order valence-corrected chi connectivity index (χ2v) is 12.2. The quantitative estimate of drug-likeness (QED) is 0.110. The number of allylic oxidation sites excluding steroid dienone is 1. The molecule has 2 amide bonds. The van der Waals surface area contributed by atoms with Crippen molar-refractivity contribution in [2.24, 2.45) is 17.8 Å². The Hall–Kier alpha value is -4.76. The number of aliphatic hydroxyl groups is 3. The molecule has 1 aliphatic carbocycles. The van der Waals surface area contributed by atoms with E-state index in [9.17, 15) is 30.0 Å². The number of nitrogens with zero attached hydrogens (tertiary/aromatic N) is 1. The number of benzene rings is 4. The molecule has 8 heteroatoms. The number of phenolic OH excluding ortho intramolecular Hbond substituents is 1. The molecule has 0 bridgehead atoms. The van der Waals surface area contributed by atoms with Gasteiger partial charge in [-0.25, -0.2) is 0 Å². The molecule has 0 saturated carbocycles. The maximum absolute atomic E-state index is 13.8. The van der Waals surface area contributed by atoms with Crippen LogP contribution < -0.4 is 10.2 Å². The number of rotatable bonds is 10. The number of carbonyl (C=O) groups is 2. The molecule has 46 heavy (non-hydrogen) atoms. The molecular formula is C38H38N2O6. The van der Waals surface area contributed by atoms with Gasteiger partial charge in [-0.05, 0) is 90.7 Å². The van der Waals surface area contributed by atoms with Crippen LogP contribution in [-0.2, 0) is 9.59 Å². The van der Waals surface area contributed by atoms with E-state index in [0.717, 1.165) is 33.3 Å². The maximum atomic E-state index is 13.8. The number of aliphatic hydroxyl groups excluding tert-OH is 3. The van der Waals surface area contributed by atoms with E-state index >= 15 is 0 Å². The van der Waals surface area contributed by atoms with Gasteiger partial charge in [-0.1, -0.05) is 60.2 Å². The summed E-state index contributed by atoms with van der Waals surface area (Å²) < 4.78 is 0. The van der Waals surface area contributed by atoms with Crippen molar-refractivity contribution in [2.75, 3.05) is 23.4 Å². The number of aromatic hydroxyl groups is 1. The summed E-state index contributed by atoms with van der Waals surface area (Å²) in [6.07, 6.45) is 1.99. The first-order valence-corrected chi connectivity index (χ1v) is 15.6. The maximum Gasteiger partial charge on any atom is 0.238 e. The lowest BCUT2D eigenvalue weighted by atomic mass is 9.68. The van der Waals surface area contributed by atoms with Gasteiger partial charge in [0, 0.05) is 22.7 Å². The fourth-order valence-corrected chi connectivity index (χ4v) is 7.03. The molecule has 0 radical (unpaired) electrons. The smallest absolute Gasteiger partial charge is 0.238 e. The molecule has 4 aromatic carbocycles. The fourth-order valence-electron chi connectivity index (χ4n) is 7.03. The zero-order valence-corrected chi connectivity index (χ0v) is 25.6. The summed E-state index contributed by atoms with van der Waals surface area (Å²) in [7, 11) is 0. The molecule has 0 unspecified atom stereocenters. The molecule has 4 aromatic rings. The van der Waals surface area contributed by atoms with E-state index in [-0.39, 0.29) is 24.7 Å². The van der Waals surface area contributed by atoms with Crippen LogP contribution in [0.3, 0.4) is 0 Å². The minimum atomic E-state index is -1.01. The highest BCUT2D eigenvalue weighted by molar-refractivity contribution is 6.22. The number of fused-ring (bicyclic) bond motifs is 2. The molecule has 6 rings (SSSR count). The van der Waals surface area contributed by atoms with Gasteiger partial charge < -0.3 is 25.7 Å². The van der Waals surface area contributed by atoms with Crippen molar-refractivity contribution in [1.29, 1.82) is 0 Å². The van der Waals surface area contributed by atoms with Crippen LogP contribution in [0.4, 0.5) is 17.1 Å². The van der Waals surface area contributed by atoms with Crippen LogP contribution in [0.25, 0.3) is 16.8 Å². The second kappa shape index (κ2) is 13.3. The molecule has 1 heterocycles. The average molecular weight is 619 g/mol. The molecule has 236 valence electrons. The van der Waals surface area contributed by atoms with Crippen molar-refractivity contribution >= 4 is 45.7 Å². The standard InChI is InChI=1S/C38H38N2O6/c1-23(19-24-12-18-33(43)30-10-6-5-9-29(24)30)11-17-34(44)35-25(21-41)20-31-36(32(35)22-42)38(46)40(37(31)45)28-15-13-27(14-16-28)39-26-7-3-2-4-8-26/h2-10,12-16,18-19,31-32,34,36,39,41-44H,11,17,20-22H2,1H3/b23-19+/t31-,32+,34-,36-/m1/s1. The van der Waals surface area contributed by atoms with Gasteiger partial charge in [0.05, 0.1) is 36.8 Å². The number of anilines is 3. The Morgan fingerprint density at radius 3 is 2.26 bits per heavy atom. The van der Waals surface area contributed by atoms with Crippen molar-refractivity contribution < 1.29 is 30.0 Å². The lowest BCUT2D eigenvalue weighted by molar-refractivity contribution is -0.123. The highest BCUT2D eigenvalue weighted by Gasteiger charge is 2.55. The SMILES string of the molecule is C/C(=C\c1ccc(O)c2ccccc12)CC[C@@H](O)C1=C(CO)C[C@H]2C(=O)N(c3ccc(Nc4ccccc4)cc3)C(=O)[C@H]2[C@H]1CO. The lowest BCUT2D eigenvalue weighted by Crippen LogP contribution is -2.39. The van der Waals surface area contributed by atoms with Crippen LogP contribution in [0.15, 0.2) is 108 Å². The topological polar surface area (TPSA) is 130 Å². The summed E-state index contributed by atoms with van der Waals surface area (Å²) in [6, 6.07) is 27.8. The largest absolute Gasteiger partial charge is 0.507 e. The molecule has 5 N–H and O–H groups in total. The molecule has 1 fully saturated rings. The van der Waals surface area contributed by atoms with Gasteiger partial charge in [0.1, 0.15) is 5.75 Å². The van der Waals surface area contributed by atoms with Gasteiger partial charge >= 0.3 is 0 Å². The third-order valence-electron chi connectivity index (χ3n) is 9.27. The van der Waals surface area contributed by atoms with Crippen LogP contribution in [0.2, 0.25) is 0 Å². The molecule has 2 aliphatic rings. The van der Waals surface area contributed by atoms with Gasteiger partial charge in [-0.15, -0.1) is 0 Å². The number of hydrogen-bond donors (Lipinski definition) is 5. The van der Waals surface area contributed by atoms with Crippen LogP contribution in [0, 0.1) is 17.8 Å². The molecule has 0 aromatic heterocycles. The number of carbonyl (C=O) groups excluding carboxylic acids is 2. The summed E-state index contributed by atoms with van der Waals surface area (Å²) >= 11 is 0. The summed E-state index contributed by atoms with van der Waals surface area (Å²) in [5.74, 6) is -2.91. The van der Waals surface area contributed by atoms with E-state index in [4.69, 9.17) is 0 Å². The molecule has 1 saturated heterocycles. The van der Waals surface area contributed by atoms with Gasteiger partial charge in [-0.2, -0.15) is 0 Å². The molecule has 8 nitrogen and oxygen atoms in total.